The summed E-state index contributed by atoms with van der Waals surface area (Å²) in [4.78, 5) is 38.1. The SMILES string of the molecule is C[C@@]1(C2CC2)NC(=O)N(CC(=O)Nc2ccc(OCc3ccccc3)cc2)C1=O. The maximum Gasteiger partial charge on any atom is 0.325 e. The number of urea groups is 1. The number of benzene rings is 2. The molecule has 1 atom stereocenters. The van der Waals surface area contributed by atoms with Gasteiger partial charge in [-0.05, 0) is 55.5 Å². The second-order valence-electron chi connectivity index (χ2n) is 7.64. The molecule has 29 heavy (non-hydrogen) atoms. The fourth-order valence-corrected chi connectivity index (χ4v) is 3.52. The van der Waals surface area contributed by atoms with Crippen LogP contribution in [0, 0.1) is 5.92 Å². The van der Waals surface area contributed by atoms with E-state index in [1.54, 1.807) is 31.2 Å². The Balaban J connectivity index is 1.30. The van der Waals surface area contributed by atoms with Gasteiger partial charge < -0.3 is 15.4 Å². The lowest BCUT2D eigenvalue weighted by Gasteiger charge is -2.20. The first kappa shape index (κ1) is 19.0. The first-order chi connectivity index (χ1) is 14.0. The predicted octanol–water partition coefficient (Wildman–Crippen LogP) is 2.92. The van der Waals surface area contributed by atoms with E-state index in [0.29, 0.717) is 18.0 Å². The van der Waals surface area contributed by atoms with Gasteiger partial charge in [0, 0.05) is 5.69 Å². The Morgan fingerprint density at radius 2 is 1.83 bits per heavy atom. The molecule has 1 saturated heterocycles. The maximum atomic E-state index is 12.6. The van der Waals surface area contributed by atoms with Gasteiger partial charge in [0.15, 0.2) is 0 Å². The van der Waals surface area contributed by atoms with Crippen molar-refractivity contribution < 1.29 is 19.1 Å². The van der Waals surface area contributed by atoms with Crippen LogP contribution < -0.4 is 15.4 Å². The van der Waals surface area contributed by atoms with Gasteiger partial charge in [-0.2, -0.15) is 0 Å². The number of imide groups is 1. The lowest BCUT2D eigenvalue weighted by Crippen LogP contribution is -2.46. The molecule has 4 amide bonds. The normalized spacial score (nSPS) is 21.1. The van der Waals surface area contributed by atoms with E-state index in [0.717, 1.165) is 23.3 Å². The summed E-state index contributed by atoms with van der Waals surface area (Å²) >= 11 is 0. The van der Waals surface area contributed by atoms with Gasteiger partial charge in [0.2, 0.25) is 5.91 Å². The summed E-state index contributed by atoms with van der Waals surface area (Å²) < 4.78 is 5.72. The number of carbonyl (C=O) groups is 3. The van der Waals surface area contributed by atoms with Gasteiger partial charge in [0.05, 0.1) is 0 Å². The Hall–Kier alpha value is -3.35. The minimum absolute atomic E-state index is 0.162. The summed E-state index contributed by atoms with van der Waals surface area (Å²) in [5.74, 6) is 0.0907. The molecule has 4 rings (SSSR count). The van der Waals surface area contributed by atoms with Gasteiger partial charge in [-0.3, -0.25) is 14.5 Å². The van der Waals surface area contributed by atoms with E-state index in [1.807, 2.05) is 30.3 Å². The van der Waals surface area contributed by atoms with E-state index in [4.69, 9.17) is 4.74 Å². The van der Waals surface area contributed by atoms with Crippen molar-refractivity contribution in [2.24, 2.45) is 5.92 Å². The third kappa shape index (κ3) is 4.08. The quantitative estimate of drug-likeness (QED) is 0.708. The van der Waals surface area contributed by atoms with Gasteiger partial charge >= 0.3 is 6.03 Å². The molecule has 2 aromatic carbocycles. The zero-order chi connectivity index (χ0) is 20.4. The summed E-state index contributed by atoms with van der Waals surface area (Å²) in [5, 5.41) is 5.45. The fourth-order valence-electron chi connectivity index (χ4n) is 3.52. The van der Waals surface area contributed by atoms with Crippen molar-refractivity contribution in [3.05, 3.63) is 60.2 Å². The number of amides is 4. The van der Waals surface area contributed by atoms with Gasteiger partial charge in [0.1, 0.15) is 24.4 Å². The van der Waals surface area contributed by atoms with E-state index in [9.17, 15) is 14.4 Å². The maximum absolute atomic E-state index is 12.6. The second-order valence-corrected chi connectivity index (χ2v) is 7.64. The van der Waals surface area contributed by atoms with Crippen molar-refractivity contribution in [1.82, 2.24) is 10.2 Å². The summed E-state index contributed by atoms with van der Waals surface area (Å²) in [5.41, 5.74) is 0.755. The molecule has 2 N–H and O–H groups in total. The highest BCUT2D eigenvalue weighted by Crippen LogP contribution is 2.42. The molecule has 150 valence electrons. The zero-order valence-corrected chi connectivity index (χ0v) is 16.2. The zero-order valence-electron chi connectivity index (χ0n) is 16.2. The second kappa shape index (κ2) is 7.58. The molecular formula is C22H23N3O4. The highest BCUT2D eigenvalue weighted by atomic mass is 16.5. The molecule has 0 bridgehead atoms. The van der Waals surface area contributed by atoms with E-state index < -0.39 is 17.5 Å². The number of carbonyl (C=O) groups excluding carboxylic acids is 3. The van der Waals surface area contributed by atoms with Crippen LogP contribution in [0.2, 0.25) is 0 Å². The van der Waals surface area contributed by atoms with Crippen molar-refractivity contribution in [3.63, 3.8) is 0 Å². The van der Waals surface area contributed by atoms with Crippen LogP contribution in [-0.2, 0) is 16.2 Å². The van der Waals surface area contributed by atoms with E-state index >= 15 is 0 Å². The molecule has 2 fully saturated rings. The molecular weight excluding hydrogens is 370 g/mol. The third-order valence-electron chi connectivity index (χ3n) is 5.38. The van der Waals surface area contributed by atoms with Crippen LogP contribution in [-0.4, -0.2) is 34.8 Å². The Bertz CT molecular complexity index is 925. The standard InChI is InChI=1S/C22H23N3O4/c1-22(16-7-8-16)20(27)25(21(28)24-22)13-19(26)23-17-9-11-18(12-10-17)29-14-15-5-3-2-4-6-15/h2-6,9-12,16H,7-8,13-14H2,1H3,(H,23,26)(H,24,28)/t22-/m0/s1. The predicted molar refractivity (Wildman–Crippen MR) is 107 cm³/mol. The first-order valence-corrected chi connectivity index (χ1v) is 9.66. The lowest BCUT2D eigenvalue weighted by molar-refractivity contribution is -0.134. The number of hydrogen-bond donors (Lipinski definition) is 2. The molecule has 0 spiro atoms. The summed E-state index contributed by atoms with van der Waals surface area (Å²) in [6, 6.07) is 16.3. The molecule has 1 saturated carbocycles. The van der Waals surface area contributed by atoms with E-state index in [-0.39, 0.29) is 18.4 Å². The van der Waals surface area contributed by atoms with Crippen molar-refractivity contribution in [2.45, 2.75) is 31.9 Å². The molecule has 0 unspecified atom stereocenters. The number of nitrogens with zero attached hydrogens (tertiary/aromatic N) is 1. The Labute approximate surface area is 169 Å². The number of rotatable bonds is 7. The van der Waals surface area contributed by atoms with Crippen LogP contribution in [0.5, 0.6) is 5.75 Å². The average molecular weight is 393 g/mol. The van der Waals surface area contributed by atoms with Crippen LogP contribution in [0.3, 0.4) is 0 Å². The first-order valence-electron chi connectivity index (χ1n) is 9.66. The van der Waals surface area contributed by atoms with Gasteiger partial charge in [0.25, 0.3) is 5.91 Å². The largest absolute Gasteiger partial charge is 0.489 e. The van der Waals surface area contributed by atoms with Gasteiger partial charge in [-0.1, -0.05) is 30.3 Å². The van der Waals surface area contributed by atoms with Crippen LogP contribution in [0.25, 0.3) is 0 Å². The van der Waals surface area contributed by atoms with Gasteiger partial charge in [-0.15, -0.1) is 0 Å². The van der Waals surface area contributed by atoms with E-state index in [2.05, 4.69) is 10.6 Å². The Morgan fingerprint density at radius 1 is 1.14 bits per heavy atom. The number of nitrogens with one attached hydrogen (secondary N) is 2. The van der Waals surface area contributed by atoms with Crippen LogP contribution in [0.4, 0.5) is 10.5 Å². The number of ether oxygens (including phenoxy) is 1. The van der Waals surface area contributed by atoms with Crippen LogP contribution in [0.15, 0.2) is 54.6 Å². The molecule has 0 aromatic heterocycles. The highest BCUT2D eigenvalue weighted by molar-refractivity contribution is 6.10. The van der Waals surface area contributed by atoms with Crippen LogP contribution in [0.1, 0.15) is 25.3 Å². The smallest absolute Gasteiger partial charge is 0.325 e. The average Bonchev–Trinajstić information content (AvgIpc) is 3.54. The highest BCUT2D eigenvalue weighted by Gasteiger charge is 2.56. The van der Waals surface area contributed by atoms with Crippen molar-refractivity contribution in [1.29, 1.82) is 0 Å². The van der Waals surface area contributed by atoms with E-state index in [1.165, 1.54) is 0 Å². The molecule has 1 aliphatic heterocycles. The topological polar surface area (TPSA) is 87.7 Å². The van der Waals surface area contributed by atoms with Crippen molar-refractivity contribution in [2.75, 3.05) is 11.9 Å². The molecule has 0 radical (unpaired) electrons. The molecule has 2 aromatic rings. The minimum Gasteiger partial charge on any atom is -0.489 e. The summed E-state index contributed by atoms with van der Waals surface area (Å²) in [6.45, 7) is 1.88. The van der Waals surface area contributed by atoms with Gasteiger partial charge in [-0.25, -0.2) is 4.79 Å². The molecule has 7 heteroatoms. The van der Waals surface area contributed by atoms with Crippen LogP contribution >= 0.6 is 0 Å². The Kier molecular flexibility index (Phi) is 4.96. The lowest BCUT2D eigenvalue weighted by atomic mass is 9.96. The Morgan fingerprint density at radius 3 is 2.48 bits per heavy atom. The molecule has 1 heterocycles. The summed E-state index contributed by atoms with van der Waals surface area (Å²) in [6.07, 6.45) is 1.84. The summed E-state index contributed by atoms with van der Waals surface area (Å²) in [7, 11) is 0. The van der Waals surface area contributed by atoms with Crippen molar-refractivity contribution >= 4 is 23.5 Å². The minimum atomic E-state index is -0.880. The molecule has 7 nitrogen and oxygen atoms in total. The fraction of sp³-hybridized carbons (Fsp3) is 0.318. The number of anilines is 1. The number of hydrogen-bond acceptors (Lipinski definition) is 4. The third-order valence-corrected chi connectivity index (χ3v) is 5.38. The monoisotopic (exact) mass is 393 g/mol. The molecule has 2 aliphatic rings. The van der Waals surface area contributed by atoms with Crippen molar-refractivity contribution in [3.8, 4) is 5.75 Å². The molecule has 1 aliphatic carbocycles.